The van der Waals surface area contributed by atoms with Crippen LogP contribution in [0, 0.1) is 0 Å². The first kappa shape index (κ1) is 20.2. The van der Waals surface area contributed by atoms with E-state index in [-0.39, 0.29) is 5.91 Å². The lowest BCUT2D eigenvalue weighted by molar-refractivity contribution is -0.121. The maximum Gasteiger partial charge on any atom is 0.239 e. The Morgan fingerprint density at radius 2 is 1.93 bits per heavy atom. The molecule has 1 aliphatic rings. The van der Waals surface area contributed by atoms with Crippen molar-refractivity contribution in [3.8, 4) is 10.6 Å². The van der Waals surface area contributed by atoms with Crippen LogP contribution in [0.2, 0.25) is 0 Å². The second-order valence-corrected chi connectivity index (χ2v) is 9.17. The lowest BCUT2D eigenvalue weighted by atomic mass is 9.97. The van der Waals surface area contributed by atoms with Gasteiger partial charge < -0.3 is 9.88 Å². The normalized spacial score (nSPS) is 20.2. The van der Waals surface area contributed by atoms with Crippen LogP contribution in [0.1, 0.15) is 39.5 Å². The number of likely N-dealkylation sites (tertiary alicyclic amines) is 1. The van der Waals surface area contributed by atoms with Crippen LogP contribution in [0.3, 0.4) is 0 Å². The minimum Gasteiger partial charge on any atom is -0.355 e. The maximum atomic E-state index is 12.7. The first-order valence-electron chi connectivity index (χ1n) is 10.8. The quantitative estimate of drug-likeness (QED) is 0.549. The second-order valence-electron chi connectivity index (χ2n) is 8.22. The molecule has 2 atom stereocenters. The van der Waals surface area contributed by atoms with Crippen LogP contribution in [-0.4, -0.2) is 40.5 Å². The second kappa shape index (κ2) is 9.14. The molecule has 1 saturated heterocycles. The van der Waals surface area contributed by atoms with E-state index in [1.807, 2.05) is 12.1 Å². The zero-order valence-electron chi connectivity index (χ0n) is 17.4. The Labute approximate surface area is 177 Å². The summed E-state index contributed by atoms with van der Waals surface area (Å²) in [6.07, 6.45) is 4.93. The van der Waals surface area contributed by atoms with E-state index in [9.17, 15) is 4.79 Å². The van der Waals surface area contributed by atoms with Gasteiger partial charge in [-0.1, -0.05) is 30.7 Å². The zero-order chi connectivity index (χ0) is 20.2. The minimum atomic E-state index is 0.0869. The Balaban J connectivity index is 1.37. The van der Waals surface area contributed by atoms with Gasteiger partial charge in [0.1, 0.15) is 6.54 Å². The van der Waals surface area contributed by atoms with Crippen LogP contribution in [0.4, 0.5) is 0 Å². The van der Waals surface area contributed by atoms with Crippen molar-refractivity contribution in [2.45, 2.75) is 58.2 Å². The molecule has 1 fully saturated rings. The van der Waals surface area contributed by atoms with Gasteiger partial charge in [0.25, 0.3) is 0 Å². The van der Waals surface area contributed by atoms with Crippen LogP contribution in [0.15, 0.2) is 47.8 Å². The molecule has 0 bridgehead atoms. The van der Waals surface area contributed by atoms with Crippen LogP contribution in [-0.2, 0) is 11.3 Å². The third-order valence-electron chi connectivity index (χ3n) is 6.18. The molecule has 0 unspecified atom stereocenters. The number of nitrogens with zero attached hydrogens (tertiary/aromatic N) is 2. The van der Waals surface area contributed by atoms with Gasteiger partial charge >= 0.3 is 0 Å². The van der Waals surface area contributed by atoms with Gasteiger partial charge in [-0.25, -0.2) is 0 Å². The number of aromatic nitrogens is 1. The summed E-state index contributed by atoms with van der Waals surface area (Å²) in [7, 11) is 0. The SMILES string of the molecule is C[C@@H]1CCC[C@@H](C)N1CCCNC(=O)Cn1c(-c2cccs2)cc2ccccc21. The predicted octanol–water partition coefficient (Wildman–Crippen LogP) is 5.14. The molecule has 3 aromatic rings. The Bertz CT molecular complexity index is 936. The van der Waals surface area contributed by atoms with Crippen molar-refractivity contribution in [1.29, 1.82) is 0 Å². The molecule has 4 nitrogen and oxygen atoms in total. The Morgan fingerprint density at radius 3 is 2.69 bits per heavy atom. The van der Waals surface area contributed by atoms with E-state index >= 15 is 0 Å². The van der Waals surface area contributed by atoms with E-state index in [0.717, 1.165) is 30.7 Å². The molecule has 29 heavy (non-hydrogen) atoms. The number of thiophene rings is 1. The third-order valence-corrected chi connectivity index (χ3v) is 7.07. The zero-order valence-corrected chi connectivity index (χ0v) is 18.3. The molecule has 3 heterocycles. The van der Waals surface area contributed by atoms with E-state index in [2.05, 4.69) is 64.3 Å². The highest BCUT2D eigenvalue weighted by molar-refractivity contribution is 7.13. The van der Waals surface area contributed by atoms with Gasteiger partial charge in [0.05, 0.1) is 10.6 Å². The van der Waals surface area contributed by atoms with E-state index in [4.69, 9.17) is 0 Å². The summed E-state index contributed by atoms with van der Waals surface area (Å²) in [5, 5.41) is 6.41. The van der Waals surface area contributed by atoms with Crippen molar-refractivity contribution in [3.05, 3.63) is 47.8 Å². The van der Waals surface area contributed by atoms with Gasteiger partial charge in [-0.15, -0.1) is 11.3 Å². The fourth-order valence-electron chi connectivity index (χ4n) is 4.61. The monoisotopic (exact) mass is 409 g/mol. The summed E-state index contributed by atoms with van der Waals surface area (Å²) in [5.41, 5.74) is 2.23. The molecule has 0 radical (unpaired) electrons. The standard InChI is InChI=1S/C24H31N3OS/c1-18-8-5-9-19(2)26(18)14-7-13-25-24(28)17-27-21-11-4-3-10-20(21)16-22(27)23-12-6-15-29-23/h3-4,6,10-12,15-16,18-19H,5,7-9,13-14,17H2,1-2H3,(H,25,28)/t18-,19-/m1/s1. The topological polar surface area (TPSA) is 37.3 Å². The number of carbonyl (C=O) groups is 1. The largest absolute Gasteiger partial charge is 0.355 e. The predicted molar refractivity (Wildman–Crippen MR) is 122 cm³/mol. The summed E-state index contributed by atoms with van der Waals surface area (Å²) in [5.74, 6) is 0.0869. The summed E-state index contributed by atoms with van der Waals surface area (Å²) in [6, 6.07) is 16.0. The van der Waals surface area contributed by atoms with Gasteiger partial charge in [0.15, 0.2) is 0 Å². The molecule has 0 aliphatic carbocycles. The molecule has 1 amide bonds. The van der Waals surface area contributed by atoms with E-state index in [1.54, 1.807) is 11.3 Å². The number of hydrogen-bond donors (Lipinski definition) is 1. The third kappa shape index (κ3) is 4.57. The summed E-state index contributed by atoms with van der Waals surface area (Å²) in [6.45, 7) is 6.82. The number of benzene rings is 1. The average Bonchev–Trinajstić information content (AvgIpc) is 3.35. The van der Waals surface area contributed by atoms with Crippen LogP contribution < -0.4 is 5.32 Å². The average molecular weight is 410 g/mol. The Morgan fingerprint density at radius 1 is 1.14 bits per heavy atom. The first-order valence-corrected chi connectivity index (χ1v) is 11.7. The number of hydrogen-bond acceptors (Lipinski definition) is 3. The molecule has 1 aromatic carbocycles. The lowest BCUT2D eigenvalue weighted by Gasteiger charge is -2.39. The molecule has 2 aromatic heterocycles. The number of carbonyl (C=O) groups excluding carboxylic acids is 1. The maximum absolute atomic E-state index is 12.7. The molecular formula is C24H31N3OS. The molecule has 1 aliphatic heterocycles. The highest BCUT2D eigenvalue weighted by atomic mass is 32.1. The van der Waals surface area contributed by atoms with Crippen molar-refractivity contribution in [2.24, 2.45) is 0 Å². The summed E-state index contributed by atoms with van der Waals surface area (Å²) >= 11 is 1.71. The Hall–Kier alpha value is -2.11. The van der Waals surface area contributed by atoms with Crippen molar-refractivity contribution in [1.82, 2.24) is 14.8 Å². The number of piperidine rings is 1. The van der Waals surface area contributed by atoms with Crippen molar-refractivity contribution in [3.63, 3.8) is 0 Å². The smallest absolute Gasteiger partial charge is 0.239 e. The number of amides is 1. The van der Waals surface area contributed by atoms with Gasteiger partial charge in [-0.05, 0) is 56.7 Å². The molecule has 4 rings (SSSR count). The van der Waals surface area contributed by atoms with Crippen molar-refractivity contribution in [2.75, 3.05) is 13.1 Å². The number of fused-ring (bicyclic) bond motifs is 1. The number of para-hydroxylation sites is 1. The fourth-order valence-corrected chi connectivity index (χ4v) is 5.36. The van der Waals surface area contributed by atoms with Gasteiger partial charge in [0.2, 0.25) is 5.91 Å². The van der Waals surface area contributed by atoms with E-state index < -0.39 is 0 Å². The highest BCUT2D eigenvalue weighted by Gasteiger charge is 2.23. The number of nitrogens with one attached hydrogen (secondary N) is 1. The van der Waals surface area contributed by atoms with Gasteiger partial charge in [-0.3, -0.25) is 9.69 Å². The Kier molecular flexibility index (Phi) is 6.36. The molecule has 0 spiro atoms. The lowest BCUT2D eigenvalue weighted by Crippen LogP contribution is -2.44. The fraction of sp³-hybridized carbons (Fsp3) is 0.458. The van der Waals surface area contributed by atoms with Crippen LogP contribution in [0.5, 0.6) is 0 Å². The van der Waals surface area contributed by atoms with Crippen molar-refractivity contribution >= 4 is 28.1 Å². The van der Waals surface area contributed by atoms with Crippen LogP contribution >= 0.6 is 11.3 Å². The number of rotatable bonds is 7. The molecule has 1 N–H and O–H groups in total. The molecule has 154 valence electrons. The molecular weight excluding hydrogens is 378 g/mol. The summed E-state index contributed by atoms with van der Waals surface area (Å²) in [4.78, 5) is 16.5. The minimum absolute atomic E-state index is 0.0869. The molecule has 5 heteroatoms. The van der Waals surface area contributed by atoms with E-state index in [0.29, 0.717) is 18.6 Å². The van der Waals surface area contributed by atoms with Crippen LogP contribution in [0.25, 0.3) is 21.5 Å². The molecule has 0 saturated carbocycles. The van der Waals surface area contributed by atoms with Gasteiger partial charge in [-0.2, -0.15) is 0 Å². The summed E-state index contributed by atoms with van der Waals surface area (Å²) < 4.78 is 2.14. The van der Waals surface area contributed by atoms with Gasteiger partial charge in [0, 0.05) is 36.1 Å². The van der Waals surface area contributed by atoms with Crippen molar-refractivity contribution < 1.29 is 4.79 Å². The van der Waals surface area contributed by atoms with E-state index in [1.165, 1.54) is 29.5 Å². The highest BCUT2D eigenvalue weighted by Crippen LogP contribution is 2.31. The first-order chi connectivity index (χ1) is 14.1.